The number of ether oxygens (including phenoxy) is 1. The fraction of sp³-hybridized carbons (Fsp3) is 0.467. The molecule has 4 atom stereocenters. The first kappa shape index (κ1) is 13.1. The minimum Gasteiger partial charge on any atom is -0.479 e. The van der Waals surface area contributed by atoms with Crippen molar-refractivity contribution in [1.82, 2.24) is 5.32 Å². The fourth-order valence-corrected chi connectivity index (χ4v) is 3.10. The monoisotopic (exact) mass is 275 g/mol. The van der Waals surface area contributed by atoms with Crippen molar-refractivity contribution in [2.24, 2.45) is 5.92 Å². The van der Waals surface area contributed by atoms with Crippen molar-refractivity contribution in [3.63, 3.8) is 0 Å². The summed E-state index contributed by atoms with van der Waals surface area (Å²) in [5, 5.41) is 11.9. The number of amides is 1. The van der Waals surface area contributed by atoms with Gasteiger partial charge in [0.2, 0.25) is 5.91 Å². The molecule has 20 heavy (non-hydrogen) atoms. The molecule has 2 aliphatic rings. The van der Waals surface area contributed by atoms with Crippen molar-refractivity contribution in [3.8, 4) is 0 Å². The third-order valence-corrected chi connectivity index (χ3v) is 4.11. The number of carbonyl (C=O) groups excluding carboxylic acids is 1. The number of hydrogen-bond donors (Lipinski definition) is 2. The van der Waals surface area contributed by atoms with Crippen LogP contribution in [0.5, 0.6) is 0 Å². The Morgan fingerprint density at radius 1 is 1.25 bits per heavy atom. The first-order valence-electron chi connectivity index (χ1n) is 6.88. The lowest BCUT2D eigenvalue weighted by Gasteiger charge is -2.21. The summed E-state index contributed by atoms with van der Waals surface area (Å²) < 4.78 is 5.65. The zero-order valence-corrected chi connectivity index (χ0v) is 11.0. The summed E-state index contributed by atoms with van der Waals surface area (Å²) in [6, 6.07) is 7.75. The predicted octanol–water partition coefficient (Wildman–Crippen LogP) is 1.50. The highest BCUT2D eigenvalue weighted by atomic mass is 16.5. The number of rotatable bonds is 4. The zero-order valence-electron chi connectivity index (χ0n) is 11.0. The van der Waals surface area contributed by atoms with Crippen molar-refractivity contribution in [3.05, 3.63) is 35.9 Å². The lowest BCUT2D eigenvalue weighted by Crippen LogP contribution is -2.40. The second-order valence-electron chi connectivity index (χ2n) is 5.41. The minimum atomic E-state index is -1.05. The van der Waals surface area contributed by atoms with Crippen molar-refractivity contribution < 1.29 is 19.4 Å². The van der Waals surface area contributed by atoms with Crippen molar-refractivity contribution in [1.29, 1.82) is 0 Å². The van der Waals surface area contributed by atoms with Gasteiger partial charge in [0.05, 0.1) is 18.1 Å². The van der Waals surface area contributed by atoms with E-state index in [-0.39, 0.29) is 24.0 Å². The van der Waals surface area contributed by atoms with Gasteiger partial charge in [-0.3, -0.25) is 4.79 Å². The lowest BCUT2D eigenvalue weighted by molar-refractivity contribution is -0.143. The second kappa shape index (κ2) is 5.25. The Labute approximate surface area is 116 Å². The van der Waals surface area contributed by atoms with Gasteiger partial charge >= 0.3 is 5.97 Å². The Morgan fingerprint density at radius 2 is 2.00 bits per heavy atom. The molecule has 2 saturated heterocycles. The summed E-state index contributed by atoms with van der Waals surface area (Å²) in [7, 11) is 0. The Balaban J connectivity index is 1.71. The van der Waals surface area contributed by atoms with Crippen LogP contribution in [0.2, 0.25) is 0 Å². The van der Waals surface area contributed by atoms with E-state index in [2.05, 4.69) is 5.32 Å². The SMILES string of the molecule is O=C(O)C(NC(=O)C1CC2CCC1O2)c1ccccc1. The average Bonchev–Trinajstić information content (AvgIpc) is 3.07. The molecule has 4 unspecified atom stereocenters. The first-order valence-corrected chi connectivity index (χ1v) is 6.88. The molecule has 1 amide bonds. The summed E-state index contributed by atoms with van der Waals surface area (Å²) in [6.45, 7) is 0. The van der Waals surface area contributed by atoms with Gasteiger partial charge in [0.25, 0.3) is 0 Å². The molecular formula is C15H17NO4. The molecule has 1 aromatic carbocycles. The van der Waals surface area contributed by atoms with E-state index in [1.54, 1.807) is 24.3 Å². The Bertz CT molecular complexity index is 516. The van der Waals surface area contributed by atoms with Crippen LogP contribution in [0.25, 0.3) is 0 Å². The van der Waals surface area contributed by atoms with E-state index < -0.39 is 12.0 Å². The molecule has 1 aromatic rings. The van der Waals surface area contributed by atoms with E-state index in [4.69, 9.17) is 4.74 Å². The van der Waals surface area contributed by atoms with Gasteiger partial charge < -0.3 is 15.2 Å². The molecule has 5 nitrogen and oxygen atoms in total. The molecule has 2 N–H and O–H groups in total. The molecule has 2 bridgehead atoms. The highest BCUT2D eigenvalue weighted by Crippen LogP contribution is 2.39. The Morgan fingerprint density at radius 3 is 2.55 bits per heavy atom. The van der Waals surface area contributed by atoms with Crippen LogP contribution < -0.4 is 5.32 Å². The van der Waals surface area contributed by atoms with E-state index >= 15 is 0 Å². The molecule has 3 rings (SSSR count). The summed E-state index contributed by atoms with van der Waals surface area (Å²) in [6.07, 6.45) is 2.75. The van der Waals surface area contributed by atoms with Gasteiger partial charge in [-0.15, -0.1) is 0 Å². The molecule has 0 aromatic heterocycles. The largest absolute Gasteiger partial charge is 0.479 e. The highest BCUT2D eigenvalue weighted by Gasteiger charge is 2.45. The first-order chi connectivity index (χ1) is 9.65. The van der Waals surface area contributed by atoms with Crippen LogP contribution in [0.3, 0.4) is 0 Å². The van der Waals surface area contributed by atoms with Gasteiger partial charge in [-0.25, -0.2) is 4.79 Å². The minimum absolute atomic E-state index is 0.0368. The molecule has 0 spiro atoms. The van der Waals surface area contributed by atoms with Crippen molar-refractivity contribution in [2.45, 2.75) is 37.5 Å². The molecule has 106 valence electrons. The van der Waals surface area contributed by atoms with Crippen LogP contribution in [0.15, 0.2) is 30.3 Å². The number of carboxylic acids is 1. The standard InChI is InChI=1S/C15H17NO4/c17-14(11-8-10-6-7-12(11)20-10)16-13(15(18)19)9-4-2-1-3-5-9/h1-5,10-13H,6-8H2,(H,16,17)(H,18,19). The zero-order chi connectivity index (χ0) is 14.1. The number of benzene rings is 1. The van der Waals surface area contributed by atoms with Crippen LogP contribution in [0.4, 0.5) is 0 Å². The molecular weight excluding hydrogens is 258 g/mol. The van der Waals surface area contributed by atoms with Crippen LogP contribution in [0.1, 0.15) is 30.9 Å². The predicted molar refractivity (Wildman–Crippen MR) is 71.0 cm³/mol. The van der Waals surface area contributed by atoms with E-state index in [9.17, 15) is 14.7 Å². The van der Waals surface area contributed by atoms with Gasteiger partial charge in [0, 0.05) is 0 Å². The van der Waals surface area contributed by atoms with Gasteiger partial charge in [-0.05, 0) is 24.8 Å². The molecule has 2 heterocycles. The van der Waals surface area contributed by atoms with Crippen LogP contribution >= 0.6 is 0 Å². The smallest absolute Gasteiger partial charge is 0.330 e. The van der Waals surface area contributed by atoms with E-state index in [1.807, 2.05) is 6.07 Å². The fourth-order valence-electron chi connectivity index (χ4n) is 3.10. The Kier molecular flexibility index (Phi) is 3.44. The number of aliphatic carboxylic acids is 1. The number of fused-ring (bicyclic) bond motifs is 2. The van der Waals surface area contributed by atoms with E-state index in [0.717, 1.165) is 12.8 Å². The van der Waals surface area contributed by atoms with Crippen molar-refractivity contribution in [2.75, 3.05) is 0 Å². The third kappa shape index (κ3) is 2.41. The number of carbonyl (C=O) groups is 2. The summed E-state index contributed by atoms with van der Waals surface area (Å²) in [5.74, 6) is -1.47. The van der Waals surface area contributed by atoms with Crippen LogP contribution in [-0.2, 0) is 14.3 Å². The topological polar surface area (TPSA) is 75.6 Å². The second-order valence-corrected chi connectivity index (χ2v) is 5.41. The van der Waals surface area contributed by atoms with E-state index in [0.29, 0.717) is 12.0 Å². The molecule has 2 fully saturated rings. The third-order valence-electron chi connectivity index (χ3n) is 4.11. The maximum absolute atomic E-state index is 12.3. The molecule has 0 radical (unpaired) electrons. The van der Waals surface area contributed by atoms with Gasteiger partial charge in [-0.2, -0.15) is 0 Å². The number of hydrogen-bond acceptors (Lipinski definition) is 3. The normalized spacial score (nSPS) is 29.1. The average molecular weight is 275 g/mol. The van der Waals surface area contributed by atoms with Crippen LogP contribution in [0, 0.1) is 5.92 Å². The summed E-state index contributed by atoms with van der Waals surface area (Å²) >= 11 is 0. The van der Waals surface area contributed by atoms with Gasteiger partial charge in [0.1, 0.15) is 0 Å². The Hall–Kier alpha value is -1.88. The molecule has 2 aliphatic heterocycles. The van der Waals surface area contributed by atoms with Crippen LogP contribution in [-0.4, -0.2) is 29.2 Å². The highest BCUT2D eigenvalue weighted by molar-refractivity contribution is 5.86. The number of carboxylic acid groups (broad SMARTS) is 1. The molecule has 0 aliphatic carbocycles. The van der Waals surface area contributed by atoms with Gasteiger partial charge in [0.15, 0.2) is 6.04 Å². The summed E-state index contributed by atoms with van der Waals surface area (Å²) in [5.41, 5.74) is 0.581. The summed E-state index contributed by atoms with van der Waals surface area (Å²) in [4.78, 5) is 23.6. The maximum Gasteiger partial charge on any atom is 0.330 e. The quantitative estimate of drug-likeness (QED) is 0.873. The maximum atomic E-state index is 12.3. The molecule has 0 saturated carbocycles. The number of nitrogens with one attached hydrogen (secondary N) is 1. The molecule has 5 heteroatoms. The van der Waals surface area contributed by atoms with Gasteiger partial charge in [-0.1, -0.05) is 30.3 Å². The van der Waals surface area contributed by atoms with Crippen molar-refractivity contribution >= 4 is 11.9 Å². The lowest BCUT2D eigenvalue weighted by atomic mass is 9.88. The van der Waals surface area contributed by atoms with E-state index in [1.165, 1.54) is 0 Å².